The lowest BCUT2D eigenvalue weighted by atomic mass is 10.2. The molecule has 0 spiro atoms. The Morgan fingerprint density at radius 2 is 2.25 bits per heavy atom. The summed E-state index contributed by atoms with van der Waals surface area (Å²) in [5.41, 5.74) is 0. The van der Waals surface area contributed by atoms with Crippen LogP contribution in [0.3, 0.4) is 0 Å². The topological polar surface area (TPSA) is 58.6 Å². The van der Waals surface area contributed by atoms with Gasteiger partial charge in [-0.2, -0.15) is 8.78 Å². The van der Waals surface area contributed by atoms with Crippen LogP contribution in [0.2, 0.25) is 0 Å². The van der Waals surface area contributed by atoms with Crippen LogP contribution in [0, 0.1) is 0 Å². The Bertz CT molecular complexity index is 294. The lowest BCUT2D eigenvalue weighted by Crippen LogP contribution is -2.36. The molecule has 1 aliphatic heterocycles. The van der Waals surface area contributed by atoms with Crippen molar-refractivity contribution in [3.05, 3.63) is 0 Å². The van der Waals surface area contributed by atoms with Crippen molar-refractivity contribution in [2.75, 3.05) is 27.2 Å². The average molecular weight is 236 g/mol. The monoisotopic (exact) mass is 236 g/mol. The van der Waals surface area contributed by atoms with Gasteiger partial charge >= 0.3 is 11.9 Å². The molecule has 1 rings (SSSR count). The maximum absolute atomic E-state index is 12.7. The highest BCUT2D eigenvalue weighted by Gasteiger charge is 2.50. The smallest absolute Gasteiger partial charge is 0.377 e. The van der Waals surface area contributed by atoms with E-state index >= 15 is 0 Å². The fraction of sp³-hybridized carbons (Fsp3) is 0.778. The highest BCUT2D eigenvalue weighted by Crippen LogP contribution is 2.30. The van der Waals surface area contributed by atoms with Crippen LogP contribution in [-0.4, -0.2) is 56.0 Å². The van der Waals surface area contributed by atoms with E-state index in [4.69, 9.17) is 0 Å². The molecule has 1 unspecified atom stereocenters. The molecule has 1 saturated heterocycles. The Labute approximate surface area is 91.7 Å². The zero-order valence-corrected chi connectivity index (χ0v) is 9.13. The van der Waals surface area contributed by atoms with Gasteiger partial charge in [-0.3, -0.25) is 4.79 Å². The second-order valence-corrected chi connectivity index (χ2v) is 3.85. The van der Waals surface area contributed by atoms with Crippen molar-refractivity contribution in [2.45, 2.75) is 18.4 Å². The highest BCUT2D eigenvalue weighted by molar-refractivity contribution is 5.80. The Kier molecular flexibility index (Phi) is 3.79. The van der Waals surface area contributed by atoms with Gasteiger partial charge in [0.2, 0.25) is 5.91 Å². The van der Waals surface area contributed by atoms with Crippen molar-refractivity contribution < 1.29 is 23.1 Å². The summed E-state index contributed by atoms with van der Waals surface area (Å²) in [5.74, 6) is -5.05. The highest BCUT2D eigenvalue weighted by atomic mass is 19.3. The first-order valence-corrected chi connectivity index (χ1v) is 4.82. The number of carbonyl (C=O) groups is 2. The normalized spacial score (nSPS) is 23.0. The van der Waals surface area contributed by atoms with Gasteiger partial charge in [0.05, 0.1) is 13.0 Å². The minimum absolute atomic E-state index is 0.0343. The molecule has 0 aromatic heterocycles. The molecule has 92 valence electrons. The van der Waals surface area contributed by atoms with Gasteiger partial charge in [-0.05, 0) is 0 Å². The summed E-state index contributed by atoms with van der Waals surface area (Å²) in [6, 6.07) is 0. The third kappa shape index (κ3) is 3.13. The molecule has 7 heteroatoms. The summed E-state index contributed by atoms with van der Waals surface area (Å²) in [6.45, 7) is 0.0908. The average Bonchev–Trinajstić information content (AvgIpc) is 2.40. The maximum Gasteiger partial charge on any atom is 0.377 e. The fourth-order valence-electron chi connectivity index (χ4n) is 1.26. The van der Waals surface area contributed by atoms with Crippen LogP contribution in [-0.2, 0) is 14.3 Å². The van der Waals surface area contributed by atoms with E-state index < -0.39 is 24.4 Å². The van der Waals surface area contributed by atoms with Gasteiger partial charge in [-0.15, -0.1) is 0 Å². The number of hydrogen-bond donors (Lipinski definition) is 1. The summed E-state index contributed by atoms with van der Waals surface area (Å²) in [4.78, 5) is 23.1. The summed E-state index contributed by atoms with van der Waals surface area (Å²) in [7, 11) is 3.18. The summed E-state index contributed by atoms with van der Waals surface area (Å²) in [6.07, 6.45) is -1.49. The van der Waals surface area contributed by atoms with Crippen molar-refractivity contribution in [1.29, 1.82) is 0 Å². The van der Waals surface area contributed by atoms with Crippen molar-refractivity contribution in [3.63, 3.8) is 0 Å². The molecular formula is C9H14F2N2O3. The predicted molar refractivity (Wildman–Crippen MR) is 51.0 cm³/mol. The van der Waals surface area contributed by atoms with E-state index in [0.717, 1.165) is 0 Å². The number of hydrogen-bond acceptors (Lipinski definition) is 4. The number of cyclic esters (lactones) is 1. The zero-order chi connectivity index (χ0) is 12.3. The first kappa shape index (κ1) is 12.8. The summed E-state index contributed by atoms with van der Waals surface area (Å²) >= 11 is 0. The van der Waals surface area contributed by atoms with Gasteiger partial charge in [-0.1, -0.05) is 0 Å². The number of likely N-dealkylation sites (N-methyl/N-ethyl adjacent to an activating group) is 1. The van der Waals surface area contributed by atoms with Gasteiger partial charge in [0.1, 0.15) is 6.10 Å². The number of alkyl halides is 2. The number of amides is 1. The molecule has 0 saturated carbocycles. The molecule has 0 bridgehead atoms. The lowest BCUT2D eigenvalue weighted by molar-refractivity contribution is -0.158. The van der Waals surface area contributed by atoms with Crippen molar-refractivity contribution in [1.82, 2.24) is 10.2 Å². The van der Waals surface area contributed by atoms with Crippen LogP contribution in [0.5, 0.6) is 0 Å². The van der Waals surface area contributed by atoms with Gasteiger partial charge in [0.15, 0.2) is 0 Å². The van der Waals surface area contributed by atoms with Gasteiger partial charge in [0.25, 0.3) is 0 Å². The van der Waals surface area contributed by atoms with Gasteiger partial charge in [0, 0.05) is 20.6 Å². The SMILES string of the molecule is CN(C)C(=O)CNCC1CC(F)(F)C(=O)O1. The summed E-state index contributed by atoms with van der Waals surface area (Å²) in [5, 5.41) is 2.66. The number of carbonyl (C=O) groups excluding carboxylic acids is 2. The molecule has 1 aliphatic rings. The molecule has 0 aromatic carbocycles. The molecule has 0 aliphatic carbocycles. The van der Waals surface area contributed by atoms with Crippen molar-refractivity contribution in [3.8, 4) is 0 Å². The first-order valence-electron chi connectivity index (χ1n) is 4.82. The standard InChI is InChI=1S/C9H14F2N2O3/c1-13(2)7(14)5-12-4-6-3-9(10,11)8(15)16-6/h6,12H,3-5H2,1-2H3. The van der Waals surface area contributed by atoms with Crippen molar-refractivity contribution in [2.24, 2.45) is 0 Å². The Balaban J connectivity index is 2.26. The Morgan fingerprint density at radius 1 is 1.62 bits per heavy atom. The van der Waals surface area contributed by atoms with Crippen LogP contribution in [0.4, 0.5) is 8.78 Å². The third-order valence-corrected chi connectivity index (χ3v) is 2.20. The minimum atomic E-state index is -3.39. The largest absolute Gasteiger partial charge is 0.456 e. The number of nitrogens with zero attached hydrogens (tertiary/aromatic N) is 1. The quantitative estimate of drug-likeness (QED) is 0.676. The van der Waals surface area contributed by atoms with E-state index in [1.54, 1.807) is 14.1 Å². The Hall–Kier alpha value is -1.24. The summed E-state index contributed by atoms with van der Waals surface area (Å²) < 4.78 is 29.9. The van der Waals surface area contributed by atoms with E-state index in [1.807, 2.05) is 0 Å². The molecule has 1 amide bonds. The second-order valence-electron chi connectivity index (χ2n) is 3.85. The molecule has 16 heavy (non-hydrogen) atoms. The maximum atomic E-state index is 12.7. The molecule has 1 fully saturated rings. The number of nitrogens with one attached hydrogen (secondary N) is 1. The van der Waals surface area contributed by atoms with E-state index in [2.05, 4.69) is 10.1 Å². The number of rotatable bonds is 4. The van der Waals surface area contributed by atoms with E-state index in [-0.39, 0.29) is 19.0 Å². The van der Waals surface area contributed by atoms with Crippen LogP contribution in [0.15, 0.2) is 0 Å². The molecule has 1 heterocycles. The van der Waals surface area contributed by atoms with E-state index in [0.29, 0.717) is 0 Å². The number of ether oxygens (including phenoxy) is 1. The Morgan fingerprint density at radius 3 is 2.69 bits per heavy atom. The number of esters is 1. The molecular weight excluding hydrogens is 222 g/mol. The van der Waals surface area contributed by atoms with E-state index in [9.17, 15) is 18.4 Å². The predicted octanol–water partition coefficient (Wildman–Crippen LogP) is -0.385. The van der Waals surface area contributed by atoms with Crippen LogP contribution >= 0.6 is 0 Å². The van der Waals surface area contributed by atoms with Crippen LogP contribution in [0.1, 0.15) is 6.42 Å². The molecule has 1 N–H and O–H groups in total. The molecule has 0 radical (unpaired) electrons. The zero-order valence-electron chi connectivity index (χ0n) is 9.13. The minimum Gasteiger partial charge on any atom is -0.456 e. The molecule has 1 atom stereocenters. The molecule has 5 nitrogen and oxygen atoms in total. The number of halogens is 2. The molecule has 0 aromatic rings. The van der Waals surface area contributed by atoms with E-state index in [1.165, 1.54) is 4.90 Å². The van der Waals surface area contributed by atoms with Crippen LogP contribution in [0.25, 0.3) is 0 Å². The fourth-order valence-corrected chi connectivity index (χ4v) is 1.26. The van der Waals surface area contributed by atoms with Crippen molar-refractivity contribution >= 4 is 11.9 Å². The lowest BCUT2D eigenvalue weighted by Gasteiger charge is -2.12. The second kappa shape index (κ2) is 4.73. The van der Waals surface area contributed by atoms with Gasteiger partial charge < -0.3 is 15.0 Å². The van der Waals surface area contributed by atoms with Crippen LogP contribution < -0.4 is 5.32 Å². The first-order chi connectivity index (χ1) is 7.33. The van der Waals surface area contributed by atoms with Gasteiger partial charge in [-0.25, -0.2) is 4.79 Å². The third-order valence-electron chi connectivity index (χ3n) is 2.20.